The Hall–Kier alpha value is -1.92. The molecule has 1 aromatic rings. The van der Waals surface area contributed by atoms with Crippen LogP contribution in [0.5, 0.6) is 0 Å². The second kappa shape index (κ2) is 3.68. The maximum Gasteiger partial charge on any atom is 0.418 e. The number of anilines is 2. The third-order valence-electron chi connectivity index (χ3n) is 1.62. The average molecular weight is 219 g/mol. The fourth-order valence-corrected chi connectivity index (χ4v) is 1.04. The zero-order valence-corrected chi connectivity index (χ0v) is 7.43. The fraction of sp³-hybridized carbons (Fsp3) is 0.125. The molecule has 0 radical (unpaired) electrons. The number of nitrogen functional groups attached to an aromatic ring is 1. The molecular weight excluding hydrogens is 211 g/mol. The predicted molar refractivity (Wildman–Crippen MR) is 49.1 cm³/mol. The van der Waals surface area contributed by atoms with Crippen LogP contribution in [0.2, 0.25) is 0 Å². The highest BCUT2D eigenvalue weighted by molar-refractivity contribution is 5.88. The van der Waals surface area contributed by atoms with E-state index in [4.69, 9.17) is 11.5 Å². The minimum atomic E-state index is -4.50. The van der Waals surface area contributed by atoms with Crippen LogP contribution in [-0.2, 0) is 6.18 Å². The molecule has 1 rings (SSSR count). The Morgan fingerprint density at radius 2 is 1.93 bits per heavy atom. The van der Waals surface area contributed by atoms with Gasteiger partial charge in [-0.1, -0.05) is 0 Å². The van der Waals surface area contributed by atoms with Gasteiger partial charge in [0.15, 0.2) is 0 Å². The fourth-order valence-electron chi connectivity index (χ4n) is 1.04. The summed E-state index contributed by atoms with van der Waals surface area (Å²) < 4.78 is 36.8. The van der Waals surface area contributed by atoms with Gasteiger partial charge in [-0.25, -0.2) is 4.79 Å². The summed E-state index contributed by atoms with van der Waals surface area (Å²) >= 11 is 0. The van der Waals surface area contributed by atoms with Gasteiger partial charge in [-0.15, -0.1) is 0 Å². The first-order chi connectivity index (χ1) is 6.80. The first-order valence-electron chi connectivity index (χ1n) is 3.84. The Morgan fingerprint density at radius 3 is 2.33 bits per heavy atom. The van der Waals surface area contributed by atoms with Crippen molar-refractivity contribution in [1.82, 2.24) is 0 Å². The van der Waals surface area contributed by atoms with Crippen LogP contribution in [0.1, 0.15) is 5.56 Å². The molecule has 0 aromatic heterocycles. The first-order valence-corrected chi connectivity index (χ1v) is 3.84. The largest absolute Gasteiger partial charge is 0.418 e. The highest BCUT2D eigenvalue weighted by atomic mass is 19.4. The lowest BCUT2D eigenvalue weighted by Gasteiger charge is -2.11. The highest BCUT2D eigenvalue weighted by Crippen LogP contribution is 2.34. The molecule has 4 nitrogen and oxygen atoms in total. The van der Waals surface area contributed by atoms with Crippen LogP contribution in [0.15, 0.2) is 18.2 Å². The molecule has 0 aliphatic rings. The van der Waals surface area contributed by atoms with Crippen LogP contribution in [-0.4, -0.2) is 6.03 Å². The minimum absolute atomic E-state index is 0.119. The topological polar surface area (TPSA) is 81.1 Å². The van der Waals surface area contributed by atoms with E-state index in [0.29, 0.717) is 0 Å². The van der Waals surface area contributed by atoms with Crippen molar-refractivity contribution in [2.75, 3.05) is 11.1 Å². The van der Waals surface area contributed by atoms with E-state index in [0.717, 1.165) is 18.2 Å². The number of hydrogen-bond acceptors (Lipinski definition) is 2. The van der Waals surface area contributed by atoms with E-state index in [1.807, 2.05) is 0 Å². The predicted octanol–water partition coefficient (Wildman–Crippen LogP) is 1.78. The van der Waals surface area contributed by atoms with Gasteiger partial charge in [-0.2, -0.15) is 13.2 Å². The molecule has 82 valence electrons. The van der Waals surface area contributed by atoms with Crippen molar-refractivity contribution < 1.29 is 18.0 Å². The molecule has 1 aromatic carbocycles. The van der Waals surface area contributed by atoms with Crippen molar-refractivity contribution in [2.24, 2.45) is 5.73 Å². The Kier molecular flexibility index (Phi) is 2.74. The van der Waals surface area contributed by atoms with E-state index in [1.165, 1.54) is 0 Å². The molecule has 0 bridgehead atoms. The maximum atomic E-state index is 12.3. The number of urea groups is 1. The molecule has 15 heavy (non-hydrogen) atoms. The number of rotatable bonds is 1. The third-order valence-corrected chi connectivity index (χ3v) is 1.62. The Bertz CT molecular complexity index is 389. The lowest BCUT2D eigenvalue weighted by atomic mass is 10.1. The Morgan fingerprint density at radius 1 is 1.33 bits per heavy atom. The average Bonchev–Trinajstić information content (AvgIpc) is 1.99. The quantitative estimate of drug-likeness (QED) is 0.629. The number of carbonyl (C=O) groups is 1. The second-order valence-corrected chi connectivity index (χ2v) is 2.79. The smallest absolute Gasteiger partial charge is 0.398 e. The van der Waals surface area contributed by atoms with E-state index >= 15 is 0 Å². The monoisotopic (exact) mass is 219 g/mol. The van der Waals surface area contributed by atoms with Gasteiger partial charge in [0.25, 0.3) is 0 Å². The molecule has 7 heteroatoms. The van der Waals surface area contributed by atoms with Crippen molar-refractivity contribution in [3.8, 4) is 0 Å². The van der Waals surface area contributed by atoms with Crippen LogP contribution < -0.4 is 16.8 Å². The van der Waals surface area contributed by atoms with E-state index < -0.39 is 23.5 Å². The summed E-state index contributed by atoms with van der Waals surface area (Å²) in [5, 5.41) is 2.12. The number of amides is 2. The minimum Gasteiger partial charge on any atom is -0.398 e. The Balaban J connectivity index is 3.04. The summed E-state index contributed by atoms with van der Waals surface area (Å²) in [5.74, 6) is 0. The SMILES string of the molecule is NC(=O)Nc1ccc(C(F)(F)F)c(N)c1. The number of benzene rings is 1. The first kappa shape index (κ1) is 11.2. The third kappa shape index (κ3) is 2.76. The summed E-state index contributed by atoms with van der Waals surface area (Å²) in [7, 11) is 0. The zero-order valence-electron chi connectivity index (χ0n) is 7.43. The normalized spacial score (nSPS) is 11.1. The number of nitrogens with one attached hydrogen (secondary N) is 1. The lowest BCUT2D eigenvalue weighted by molar-refractivity contribution is -0.136. The number of primary amides is 1. The van der Waals surface area contributed by atoms with Gasteiger partial charge in [-0.05, 0) is 18.2 Å². The summed E-state index contributed by atoms with van der Waals surface area (Å²) in [4.78, 5) is 10.4. The van der Waals surface area contributed by atoms with Gasteiger partial charge in [0.1, 0.15) is 0 Å². The highest BCUT2D eigenvalue weighted by Gasteiger charge is 2.32. The number of nitrogens with two attached hydrogens (primary N) is 2. The van der Waals surface area contributed by atoms with Gasteiger partial charge in [0.2, 0.25) is 0 Å². The molecule has 0 aliphatic heterocycles. The summed E-state index contributed by atoms with van der Waals surface area (Å²) in [5.41, 5.74) is 8.66. The Labute approximate surface area is 83.0 Å². The molecule has 0 atom stereocenters. The molecule has 2 amide bonds. The number of halogens is 3. The lowest BCUT2D eigenvalue weighted by Crippen LogP contribution is -2.19. The van der Waals surface area contributed by atoms with Crippen LogP contribution in [0.3, 0.4) is 0 Å². The second-order valence-electron chi connectivity index (χ2n) is 2.79. The molecule has 0 spiro atoms. The van der Waals surface area contributed by atoms with Crippen LogP contribution in [0, 0.1) is 0 Å². The number of hydrogen-bond donors (Lipinski definition) is 3. The molecule has 0 unspecified atom stereocenters. The van der Waals surface area contributed by atoms with Crippen molar-refractivity contribution in [3.63, 3.8) is 0 Å². The molecule has 0 heterocycles. The summed E-state index contributed by atoms with van der Waals surface area (Å²) in [6.07, 6.45) is -4.50. The van der Waals surface area contributed by atoms with Crippen molar-refractivity contribution in [3.05, 3.63) is 23.8 Å². The van der Waals surface area contributed by atoms with E-state index in [2.05, 4.69) is 5.32 Å². The zero-order chi connectivity index (χ0) is 11.6. The van der Waals surface area contributed by atoms with E-state index in [1.54, 1.807) is 0 Å². The van der Waals surface area contributed by atoms with E-state index in [-0.39, 0.29) is 5.69 Å². The standard InChI is InChI=1S/C8H8F3N3O/c9-8(10,11)5-2-1-4(3-6(5)12)14-7(13)15/h1-3H,12H2,(H3,13,14,15). The van der Waals surface area contributed by atoms with Gasteiger partial charge in [0.05, 0.1) is 5.56 Å². The molecule has 0 saturated carbocycles. The van der Waals surface area contributed by atoms with Crippen LogP contribution in [0.25, 0.3) is 0 Å². The number of alkyl halides is 3. The molecular formula is C8H8F3N3O. The van der Waals surface area contributed by atoms with Gasteiger partial charge in [0, 0.05) is 11.4 Å². The van der Waals surface area contributed by atoms with Crippen LogP contribution >= 0.6 is 0 Å². The van der Waals surface area contributed by atoms with Crippen molar-refractivity contribution in [1.29, 1.82) is 0 Å². The van der Waals surface area contributed by atoms with Crippen molar-refractivity contribution >= 4 is 17.4 Å². The van der Waals surface area contributed by atoms with Gasteiger partial charge in [-0.3, -0.25) is 0 Å². The van der Waals surface area contributed by atoms with Gasteiger partial charge < -0.3 is 16.8 Å². The molecule has 0 aliphatic carbocycles. The van der Waals surface area contributed by atoms with Crippen LogP contribution in [0.4, 0.5) is 29.3 Å². The summed E-state index contributed by atoms with van der Waals surface area (Å²) in [6, 6.07) is 1.98. The van der Waals surface area contributed by atoms with Gasteiger partial charge >= 0.3 is 12.2 Å². The summed E-state index contributed by atoms with van der Waals surface area (Å²) in [6.45, 7) is 0. The molecule has 0 saturated heterocycles. The number of carbonyl (C=O) groups excluding carboxylic acids is 1. The molecule has 5 N–H and O–H groups in total. The molecule has 0 fully saturated rings. The van der Waals surface area contributed by atoms with Crippen molar-refractivity contribution in [2.45, 2.75) is 6.18 Å². The maximum absolute atomic E-state index is 12.3. The van der Waals surface area contributed by atoms with E-state index in [9.17, 15) is 18.0 Å².